The van der Waals surface area contributed by atoms with Crippen LogP contribution in [0.3, 0.4) is 0 Å². The van der Waals surface area contributed by atoms with Crippen molar-refractivity contribution in [3.63, 3.8) is 0 Å². The molecule has 1 aliphatic carbocycles. The minimum absolute atomic E-state index is 0.00270. The van der Waals surface area contributed by atoms with Gasteiger partial charge in [-0.3, -0.25) is 4.79 Å². The van der Waals surface area contributed by atoms with E-state index in [-0.39, 0.29) is 25.0 Å². The standard InChI is InChI=1S/C13H22N2O3/c1-4-8-15(11-5-6-11)13(18)14(10(2)3)9-7-12(16)17/h4,10-11H,1,5-9H2,2-3H3,(H,16,17). The Kier molecular flexibility index (Phi) is 5.19. The number of carbonyl (C=O) groups excluding carboxylic acids is 1. The zero-order chi connectivity index (χ0) is 13.7. The lowest BCUT2D eigenvalue weighted by Gasteiger charge is -2.32. The second-order valence-corrected chi connectivity index (χ2v) is 4.89. The minimum atomic E-state index is -0.879. The van der Waals surface area contributed by atoms with Gasteiger partial charge in [-0.1, -0.05) is 6.08 Å². The second kappa shape index (κ2) is 6.42. The van der Waals surface area contributed by atoms with Gasteiger partial charge in [0.1, 0.15) is 0 Å². The van der Waals surface area contributed by atoms with Gasteiger partial charge in [0.05, 0.1) is 6.42 Å². The third kappa shape index (κ3) is 4.05. The third-order valence-electron chi connectivity index (χ3n) is 2.99. The number of carboxylic acid groups (broad SMARTS) is 1. The molecule has 1 N–H and O–H groups in total. The van der Waals surface area contributed by atoms with Gasteiger partial charge in [-0.25, -0.2) is 4.79 Å². The lowest BCUT2D eigenvalue weighted by atomic mass is 10.3. The first-order valence-electron chi connectivity index (χ1n) is 6.37. The molecule has 0 aromatic carbocycles. The van der Waals surface area contributed by atoms with Crippen molar-refractivity contribution in [1.29, 1.82) is 0 Å². The van der Waals surface area contributed by atoms with Crippen LogP contribution in [0.2, 0.25) is 0 Å². The van der Waals surface area contributed by atoms with Crippen LogP contribution in [0, 0.1) is 0 Å². The van der Waals surface area contributed by atoms with E-state index in [1.54, 1.807) is 15.9 Å². The first-order valence-corrected chi connectivity index (χ1v) is 6.37. The lowest BCUT2D eigenvalue weighted by Crippen LogP contribution is -2.48. The fourth-order valence-corrected chi connectivity index (χ4v) is 1.86. The Morgan fingerprint density at radius 1 is 1.44 bits per heavy atom. The summed E-state index contributed by atoms with van der Waals surface area (Å²) in [4.78, 5) is 26.4. The smallest absolute Gasteiger partial charge is 0.320 e. The molecule has 0 atom stereocenters. The molecule has 0 bridgehead atoms. The summed E-state index contributed by atoms with van der Waals surface area (Å²) in [6.07, 6.45) is 3.76. The van der Waals surface area contributed by atoms with Crippen molar-refractivity contribution in [2.45, 2.75) is 45.2 Å². The van der Waals surface area contributed by atoms with Gasteiger partial charge in [0, 0.05) is 25.2 Å². The van der Waals surface area contributed by atoms with Crippen molar-refractivity contribution in [1.82, 2.24) is 9.80 Å². The molecular formula is C13H22N2O3. The van der Waals surface area contributed by atoms with Crippen LogP contribution in [0.5, 0.6) is 0 Å². The molecule has 5 heteroatoms. The number of urea groups is 1. The summed E-state index contributed by atoms with van der Waals surface area (Å²) in [5.74, 6) is -0.879. The average Bonchev–Trinajstić information content (AvgIpc) is 3.08. The molecule has 102 valence electrons. The van der Waals surface area contributed by atoms with E-state index in [0.717, 1.165) is 12.8 Å². The maximum Gasteiger partial charge on any atom is 0.320 e. The highest BCUT2D eigenvalue weighted by Crippen LogP contribution is 2.28. The lowest BCUT2D eigenvalue weighted by molar-refractivity contribution is -0.137. The van der Waals surface area contributed by atoms with Crippen molar-refractivity contribution in [2.24, 2.45) is 0 Å². The van der Waals surface area contributed by atoms with Crippen LogP contribution in [0.4, 0.5) is 4.79 Å². The molecular weight excluding hydrogens is 232 g/mol. The first kappa shape index (κ1) is 14.5. The van der Waals surface area contributed by atoms with E-state index in [2.05, 4.69) is 6.58 Å². The number of carbonyl (C=O) groups is 2. The normalized spacial score (nSPS) is 14.4. The second-order valence-electron chi connectivity index (χ2n) is 4.89. The van der Waals surface area contributed by atoms with Gasteiger partial charge in [0.25, 0.3) is 0 Å². The molecule has 0 aromatic heterocycles. The fraction of sp³-hybridized carbons (Fsp3) is 0.692. The molecule has 1 saturated carbocycles. The minimum Gasteiger partial charge on any atom is -0.481 e. The summed E-state index contributed by atoms with van der Waals surface area (Å²) in [6.45, 7) is 8.25. The number of rotatable bonds is 7. The van der Waals surface area contributed by atoms with Crippen LogP contribution in [-0.4, -0.2) is 52.1 Å². The quantitative estimate of drug-likeness (QED) is 0.706. The van der Waals surface area contributed by atoms with Gasteiger partial charge < -0.3 is 14.9 Å². The molecule has 0 aliphatic heterocycles. The number of carboxylic acids is 1. The molecule has 5 nitrogen and oxygen atoms in total. The molecule has 0 radical (unpaired) electrons. The van der Waals surface area contributed by atoms with Crippen LogP contribution in [-0.2, 0) is 4.79 Å². The molecule has 0 aromatic rings. The summed E-state index contributed by atoms with van der Waals surface area (Å²) < 4.78 is 0. The van der Waals surface area contributed by atoms with E-state index in [1.807, 2.05) is 13.8 Å². The zero-order valence-electron chi connectivity index (χ0n) is 11.1. The number of hydrogen-bond donors (Lipinski definition) is 1. The molecule has 1 rings (SSSR count). The van der Waals surface area contributed by atoms with E-state index in [0.29, 0.717) is 12.6 Å². The van der Waals surface area contributed by atoms with E-state index in [1.165, 1.54) is 0 Å². The predicted octanol–water partition coefficient (Wildman–Crippen LogP) is 1.94. The highest BCUT2D eigenvalue weighted by molar-refractivity contribution is 5.76. The largest absolute Gasteiger partial charge is 0.481 e. The summed E-state index contributed by atoms with van der Waals surface area (Å²) in [5.41, 5.74) is 0. The Balaban J connectivity index is 2.66. The van der Waals surface area contributed by atoms with Crippen LogP contribution < -0.4 is 0 Å². The van der Waals surface area contributed by atoms with Crippen molar-refractivity contribution in [3.05, 3.63) is 12.7 Å². The van der Waals surface area contributed by atoms with Crippen molar-refractivity contribution < 1.29 is 14.7 Å². The topological polar surface area (TPSA) is 60.9 Å². The van der Waals surface area contributed by atoms with E-state index < -0.39 is 5.97 Å². The Morgan fingerprint density at radius 3 is 2.44 bits per heavy atom. The molecule has 1 fully saturated rings. The molecule has 2 amide bonds. The monoisotopic (exact) mass is 254 g/mol. The number of amides is 2. The Bertz CT molecular complexity index is 324. The van der Waals surface area contributed by atoms with Crippen molar-refractivity contribution >= 4 is 12.0 Å². The van der Waals surface area contributed by atoms with Gasteiger partial charge in [-0.05, 0) is 26.7 Å². The maximum absolute atomic E-state index is 12.4. The number of nitrogens with zero attached hydrogens (tertiary/aromatic N) is 2. The van der Waals surface area contributed by atoms with Crippen LogP contribution in [0.15, 0.2) is 12.7 Å². The average molecular weight is 254 g/mol. The Morgan fingerprint density at radius 2 is 2.06 bits per heavy atom. The molecule has 0 unspecified atom stereocenters. The van der Waals surface area contributed by atoms with E-state index >= 15 is 0 Å². The third-order valence-corrected chi connectivity index (χ3v) is 2.99. The summed E-state index contributed by atoms with van der Waals surface area (Å²) in [7, 11) is 0. The summed E-state index contributed by atoms with van der Waals surface area (Å²) in [6, 6.07) is 0.234. The zero-order valence-corrected chi connectivity index (χ0v) is 11.1. The van der Waals surface area contributed by atoms with Gasteiger partial charge >= 0.3 is 12.0 Å². The fourth-order valence-electron chi connectivity index (χ4n) is 1.86. The first-order chi connectivity index (χ1) is 8.47. The Hall–Kier alpha value is -1.52. The maximum atomic E-state index is 12.4. The number of hydrogen-bond acceptors (Lipinski definition) is 2. The molecule has 18 heavy (non-hydrogen) atoms. The molecule has 0 spiro atoms. The van der Waals surface area contributed by atoms with Crippen LogP contribution in [0.1, 0.15) is 33.1 Å². The van der Waals surface area contributed by atoms with Gasteiger partial charge in [-0.2, -0.15) is 0 Å². The predicted molar refractivity (Wildman–Crippen MR) is 69.4 cm³/mol. The summed E-state index contributed by atoms with van der Waals surface area (Å²) in [5, 5.41) is 8.72. The Labute approximate surface area is 108 Å². The molecule has 0 saturated heterocycles. The van der Waals surface area contributed by atoms with Crippen LogP contribution >= 0.6 is 0 Å². The van der Waals surface area contributed by atoms with Crippen LogP contribution in [0.25, 0.3) is 0 Å². The highest BCUT2D eigenvalue weighted by Gasteiger charge is 2.34. The van der Waals surface area contributed by atoms with E-state index in [4.69, 9.17) is 5.11 Å². The number of aliphatic carboxylic acids is 1. The van der Waals surface area contributed by atoms with E-state index in [9.17, 15) is 9.59 Å². The van der Waals surface area contributed by atoms with Gasteiger partial charge in [0.15, 0.2) is 0 Å². The SMILES string of the molecule is C=CCN(C(=O)N(CCC(=O)O)C(C)C)C1CC1. The van der Waals surface area contributed by atoms with Crippen molar-refractivity contribution in [3.8, 4) is 0 Å². The highest BCUT2D eigenvalue weighted by atomic mass is 16.4. The molecule has 0 heterocycles. The summed E-state index contributed by atoms with van der Waals surface area (Å²) >= 11 is 0. The van der Waals surface area contributed by atoms with Gasteiger partial charge in [0.2, 0.25) is 0 Å². The van der Waals surface area contributed by atoms with Gasteiger partial charge in [-0.15, -0.1) is 6.58 Å². The van der Waals surface area contributed by atoms with Crippen molar-refractivity contribution in [2.75, 3.05) is 13.1 Å². The molecule has 1 aliphatic rings.